The highest BCUT2D eigenvalue weighted by Gasteiger charge is 2.24. The van der Waals surface area contributed by atoms with Gasteiger partial charge in [-0.1, -0.05) is 17.7 Å². The summed E-state index contributed by atoms with van der Waals surface area (Å²) in [4.78, 5) is 32.7. The van der Waals surface area contributed by atoms with Gasteiger partial charge in [0.05, 0.1) is 32.2 Å². The normalized spacial score (nSPS) is 10.7. The van der Waals surface area contributed by atoms with Crippen LogP contribution in [0.15, 0.2) is 54.6 Å². The number of nitrogens with zero attached hydrogens (tertiary/aromatic N) is 6. The first-order chi connectivity index (χ1) is 15.7. The van der Waals surface area contributed by atoms with Crippen LogP contribution in [0.5, 0.6) is 0 Å². The lowest BCUT2D eigenvalue weighted by molar-refractivity contribution is -0.393. The third-order valence-corrected chi connectivity index (χ3v) is 4.67. The fraction of sp³-hybridized carbons (Fsp3) is 0. The molecule has 0 atom stereocenters. The zero-order valence-electron chi connectivity index (χ0n) is 16.2. The molecule has 15 heteroatoms. The maximum Gasteiger partial charge on any atom is 0.305 e. The molecule has 0 radical (unpaired) electrons. The Bertz CT molecular complexity index is 1440. The maximum atomic E-state index is 11.6. The molecule has 0 aliphatic heterocycles. The van der Waals surface area contributed by atoms with Crippen LogP contribution in [0.1, 0.15) is 0 Å². The average molecular weight is 471 g/mol. The van der Waals surface area contributed by atoms with Crippen LogP contribution in [0.4, 0.5) is 28.4 Å². The molecule has 0 bridgehead atoms. The van der Waals surface area contributed by atoms with E-state index in [4.69, 9.17) is 11.6 Å². The fourth-order valence-corrected chi connectivity index (χ4v) is 3.14. The standard InChI is InChI=1S/C18H11ClN8O6/c19-10-2-1-3-11(6-10)20-21-14-5-4-12(8-16(14)26(30)31)24-22-15-7-13(25(28)29)9-17(27(32)33)18(15)23-24/h1-9,20-21H. The second-order valence-electron chi connectivity index (χ2n) is 6.56. The van der Waals surface area contributed by atoms with Crippen LogP contribution in [-0.4, -0.2) is 29.8 Å². The average Bonchev–Trinajstić information content (AvgIpc) is 3.21. The lowest BCUT2D eigenvalue weighted by atomic mass is 10.2. The Morgan fingerprint density at radius 3 is 2.24 bits per heavy atom. The zero-order valence-corrected chi connectivity index (χ0v) is 17.0. The van der Waals surface area contributed by atoms with E-state index < -0.39 is 26.1 Å². The SMILES string of the molecule is O=[N+]([O-])c1cc([N+](=O)[O-])c2nn(-c3ccc(NNc4cccc(Cl)c4)c([N+](=O)[O-])c3)nc2c1. The minimum atomic E-state index is -0.814. The minimum absolute atomic E-state index is 0.108. The first-order valence-corrected chi connectivity index (χ1v) is 9.37. The van der Waals surface area contributed by atoms with Crippen LogP contribution in [0, 0.1) is 30.3 Å². The van der Waals surface area contributed by atoms with Crippen LogP contribution < -0.4 is 10.9 Å². The summed E-state index contributed by atoms with van der Waals surface area (Å²) in [5, 5.41) is 42.5. The highest BCUT2D eigenvalue weighted by Crippen LogP contribution is 2.31. The quantitative estimate of drug-likeness (QED) is 0.292. The Labute approximate surface area is 187 Å². The number of hydrogen-bond donors (Lipinski definition) is 2. The number of anilines is 2. The van der Waals surface area contributed by atoms with Crippen molar-refractivity contribution in [3.05, 3.63) is 90.0 Å². The number of aromatic nitrogens is 3. The van der Waals surface area contributed by atoms with Gasteiger partial charge in [-0.3, -0.25) is 35.8 Å². The zero-order chi connectivity index (χ0) is 23.7. The summed E-state index contributed by atoms with van der Waals surface area (Å²) in [5.41, 5.74) is 4.53. The minimum Gasteiger partial charge on any atom is -0.301 e. The van der Waals surface area contributed by atoms with Crippen LogP contribution in [0.25, 0.3) is 16.7 Å². The Morgan fingerprint density at radius 2 is 1.58 bits per heavy atom. The summed E-state index contributed by atoms with van der Waals surface area (Å²) in [5.74, 6) is 0. The van der Waals surface area contributed by atoms with E-state index >= 15 is 0 Å². The van der Waals surface area contributed by atoms with Gasteiger partial charge in [0, 0.05) is 17.2 Å². The van der Waals surface area contributed by atoms with Crippen molar-refractivity contribution in [1.29, 1.82) is 0 Å². The van der Waals surface area contributed by atoms with Gasteiger partial charge >= 0.3 is 5.69 Å². The van der Waals surface area contributed by atoms with E-state index in [0.29, 0.717) is 10.7 Å². The molecule has 0 aliphatic rings. The first kappa shape index (κ1) is 21.4. The number of halogens is 1. The van der Waals surface area contributed by atoms with Crippen molar-refractivity contribution in [1.82, 2.24) is 15.0 Å². The molecule has 1 aromatic heterocycles. The van der Waals surface area contributed by atoms with Crippen molar-refractivity contribution in [3.63, 3.8) is 0 Å². The van der Waals surface area contributed by atoms with Crippen LogP contribution in [0.2, 0.25) is 5.02 Å². The number of benzene rings is 3. The number of hydrogen-bond acceptors (Lipinski definition) is 10. The molecular formula is C18H11ClN8O6. The Hall–Kier alpha value is -4.85. The number of nitro benzene ring substituents is 3. The summed E-state index contributed by atoms with van der Waals surface area (Å²) in [6.45, 7) is 0. The molecule has 0 amide bonds. The van der Waals surface area contributed by atoms with Gasteiger partial charge in [-0.15, -0.1) is 15.0 Å². The molecule has 0 fully saturated rings. The van der Waals surface area contributed by atoms with Crippen molar-refractivity contribution in [2.75, 3.05) is 10.9 Å². The second-order valence-corrected chi connectivity index (χ2v) is 6.99. The number of hydrazine groups is 1. The van der Waals surface area contributed by atoms with Crippen LogP contribution >= 0.6 is 11.6 Å². The van der Waals surface area contributed by atoms with E-state index in [9.17, 15) is 30.3 Å². The van der Waals surface area contributed by atoms with Gasteiger partial charge in [-0.2, -0.15) is 0 Å². The number of fused-ring (bicyclic) bond motifs is 1. The van der Waals surface area contributed by atoms with Crippen molar-refractivity contribution in [3.8, 4) is 5.69 Å². The molecule has 1 heterocycles. The van der Waals surface area contributed by atoms with Crippen molar-refractivity contribution in [2.45, 2.75) is 0 Å². The van der Waals surface area contributed by atoms with Gasteiger partial charge < -0.3 is 5.43 Å². The number of rotatable bonds is 7. The third-order valence-electron chi connectivity index (χ3n) is 4.43. The molecule has 0 spiro atoms. The summed E-state index contributed by atoms with van der Waals surface area (Å²) in [7, 11) is 0. The van der Waals surface area contributed by atoms with E-state index in [1.165, 1.54) is 12.1 Å². The second kappa shape index (κ2) is 8.35. The smallest absolute Gasteiger partial charge is 0.301 e. The van der Waals surface area contributed by atoms with E-state index in [2.05, 4.69) is 21.0 Å². The summed E-state index contributed by atoms with van der Waals surface area (Å²) in [6.07, 6.45) is 0. The molecule has 2 N–H and O–H groups in total. The molecule has 166 valence electrons. The van der Waals surface area contributed by atoms with Gasteiger partial charge in [-0.05, 0) is 30.3 Å². The molecule has 33 heavy (non-hydrogen) atoms. The van der Waals surface area contributed by atoms with Gasteiger partial charge in [0.25, 0.3) is 11.4 Å². The number of non-ortho nitro benzene ring substituents is 2. The highest BCUT2D eigenvalue weighted by atomic mass is 35.5. The largest absolute Gasteiger partial charge is 0.305 e. The lowest BCUT2D eigenvalue weighted by Crippen LogP contribution is -2.11. The van der Waals surface area contributed by atoms with Crippen LogP contribution in [0.3, 0.4) is 0 Å². The van der Waals surface area contributed by atoms with Gasteiger partial charge in [0.1, 0.15) is 11.2 Å². The molecule has 0 saturated heterocycles. The molecule has 0 unspecified atom stereocenters. The molecule has 4 rings (SSSR count). The highest BCUT2D eigenvalue weighted by molar-refractivity contribution is 6.30. The van der Waals surface area contributed by atoms with E-state index in [-0.39, 0.29) is 28.1 Å². The Kier molecular flexibility index (Phi) is 5.41. The number of nitrogens with one attached hydrogen (secondary N) is 2. The summed E-state index contributed by atoms with van der Waals surface area (Å²) < 4.78 is 0. The predicted molar refractivity (Wildman–Crippen MR) is 118 cm³/mol. The predicted octanol–water partition coefficient (Wildman–Crippen LogP) is 4.24. The number of nitro groups is 3. The van der Waals surface area contributed by atoms with Gasteiger partial charge in [-0.25, -0.2) is 0 Å². The van der Waals surface area contributed by atoms with E-state index in [1.807, 2.05) is 0 Å². The third kappa shape index (κ3) is 4.31. The molecule has 14 nitrogen and oxygen atoms in total. The Morgan fingerprint density at radius 1 is 0.818 bits per heavy atom. The first-order valence-electron chi connectivity index (χ1n) is 8.99. The van der Waals surface area contributed by atoms with Gasteiger partial charge in [0.15, 0.2) is 5.52 Å². The maximum absolute atomic E-state index is 11.6. The van der Waals surface area contributed by atoms with Crippen molar-refractivity contribution in [2.24, 2.45) is 0 Å². The molecule has 0 aliphatic carbocycles. The van der Waals surface area contributed by atoms with Gasteiger partial charge in [0.2, 0.25) is 0 Å². The summed E-state index contributed by atoms with van der Waals surface area (Å²) >= 11 is 5.92. The van der Waals surface area contributed by atoms with Crippen molar-refractivity contribution < 1.29 is 14.8 Å². The molecule has 3 aromatic carbocycles. The van der Waals surface area contributed by atoms with Crippen LogP contribution in [-0.2, 0) is 0 Å². The summed E-state index contributed by atoms with van der Waals surface area (Å²) in [6, 6.07) is 12.5. The molecule has 0 saturated carbocycles. The van der Waals surface area contributed by atoms with Crippen molar-refractivity contribution >= 4 is 51.1 Å². The Balaban J connectivity index is 1.72. The monoisotopic (exact) mass is 470 g/mol. The topological polar surface area (TPSA) is 184 Å². The fourth-order valence-electron chi connectivity index (χ4n) is 2.95. The van der Waals surface area contributed by atoms with E-state index in [0.717, 1.165) is 23.0 Å². The molecule has 4 aromatic rings. The molecular weight excluding hydrogens is 460 g/mol. The van der Waals surface area contributed by atoms with E-state index in [1.54, 1.807) is 24.3 Å². The lowest BCUT2D eigenvalue weighted by Gasteiger charge is -2.11.